The van der Waals surface area contributed by atoms with Crippen LogP contribution in [-0.2, 0) is 10.9 Å². The lowest BCUT2D eigenvalue weighted by atomic mass is 10.1. The fourth-order valence-electron chi connectivity index (χ4n) is 2.45. The van der Waals surface area contributed by atoms with Crippen molar-refractivity contribution >= 4 is 11.9 Å². The topological polar surface area (TPSA) is 67.3 Å². The normalized spacial score (nSPS) is 19.1. The zero-order chi connectivity index (χ0) is 18.0. The molecule has 1 aliphatic heterocycles. The van der Waals surface area contributed by atoms with E-state index in [9.17, 15) is 18.0 Å². The van der Waals surface area contributed by atoms with Crippen LogP contribution in [0.15, 0.2) is 12.4 Å². The van der Waals surface area contributed by atoms with E-state index >= 15 is 0 Å². The van der Waals surface area contributed by atoms with Gasteiger partial charge in [0, 0.05) is 25.2 Å². The third-order valence-electron chi connectivity index (χ3n) is 3.41. The Balaban J connectivity index is 2.02. The second-order valence-electron chi connectivity index (χ2n) is 6.69. The number of hydrogen-bond acceptors (Lipinski definition) is 5. The first-order chi connectivity index (χ1) is 11.0. The van der Waals surface area contributed by atoms with Crippen molar-refractivity contribution in [2.45, 2.75) is 51.4 Å². The third-order valence-corrected chi connectivity index (χ3v) is 3.41. The van der Waals surface area contributed by atoms with Gasteiger partial charge in [-0.2, -0.15) is 13.2 Å². The predicted molar refractivity (Wildman–Crippen MR) is 81.6 cm³/mol. The van der Waals surface area contributed by atoms with Gasteiger partial charge in [0.1, 0.15) is 23.4 Å². The second-order valence-corrected chi connectivity index (χ2v) is 6.69. The summed E-state index contributed by atoms with van der Waals surface area (Å²) < 4.78 is 43.5. The maximum absolute atomic E-state index is 12.8. The molecule has 134 valence electrons. The zero-order valence-electron chi connectivity index (χ0n) is 13.9. The molecule has 0 spiro atoms. The molecular formula is C15H21F3N4O2. The van der Waals surface area contributed by atoms with Crippen LogP contribution in [0.5, 0.6) is 0 Å². The molecule has 2 heterocycles. The Morgan fingerprint density at radius 3 is 2.67 bits per heavy atom. The molecule has 1 unspecified atom stereocenters. The molecule has 0 bridgehead atoms. The average molecular weight is 346 g/mol. The Labute approximate surface area is 138 Å². The van der Waals surface area contributed by atoms with E-state index in [4.69, 9.17) is 4.74 Å². The molecule has 1 saturated heterocycles. The lowest BCUT2D eigenvalue weighted by Crippen LogP contribution is -2.49. The largest absolute Gasteiger partial charge is 0.444 e. The Hall–Kier alpha value is -2.06. The Bertz CT molecular complexity index is 587. The summed E-state index contributed by atoms with van der Waals surface area (Å²) in [6.45, 7) is 6.23. The van der Waals surface area contributed by atoms with Crippen LogP contribution < -0.4 is 10.2 Å². The quantitative estimate of drug-likeness (QED) is 0.892. The maximum atomic E-state index is 12.8. The van der Waals surface area contributed by atoms with Gasteiger partial charge in [0.05, 0.1) is 0 Å². The van der Waals surface area contributed by atoms with E-state index in [-0.39, 0.29) is 11.9 Å². The van der Waals surface area contributed by atoms with Crippen LogP contribution in [-0.4, -0.2) is 40.8 Å². The number of amides is 1. The van der Waals surface area contributed by atoms with E-state index in [2.05, 4.69) is 15.3 Å². The summed E-state index contributed by atoms with van der Waals surface area (Å²) in [6.07, 6.45) is -2.68. The molecule has 6 nitrogen and oxygen atoms in total. The summed E-state index contributed by atoms with van der Waals surface area (Å²) in [5, 5.41) is 2.75. The molecule has 1 aliphatic rings. The molecular weight excluding hydrogens is 325 g/mol. The number of carbonyl (C=O) groups excluding carboxylic acids is 1. The molecule has 1 amide bonds. The fraction of sp³-hybridized carbons (Fsp3) is 0.667. The number of nitrogens with one attached hydrogen (secondary N) is 1. The number of alkyl halides is 3. The molecule has 9 heteroatoms. The van der Waals surface area contributed by atoms with Crippen LogP contribution in [0.3, 0.4) is 0 Å². The highest BCUT2D eigenvalue weighted by Crippen LogP contribution is 2.29. The number of hydrogen-bond donors (Lipinski definition) is 1. The molecule has 1 N–H and O–H groups in total. The average Bonchev–Trinajstić information content (AvgIpc) is 2.44. The Morgan fingerprint density at radius 2 is 2.04 bits per heavy atom. The minimum absolute atomic E-state index is 0.202. The lowest BCUT2D eigenvalue weighted by molar-refractivity contribution is -0.141. The minimum Gasteiger partial charge on any atom is -0.444 e. The first-order valence-electron chi connectivity index (χ1n) is 7.68. The van der Waals surface area contributed by atoms with E-state index < -0.39 is 23.6 Å². The molecule has 0 radical (unpaired) electrons. The van der Waals surface area contributed by atoms with Gasteiger partial charge in [-0.1, -0.05) is 0 Å². The molecule has 24 heavy (non-hydrogen) atoms. The number of piperidine rings is 1. The molecule has 2 rings (SSSR count). The number of nitrogens with zero attached hydrogens (tertiary/aromatic N) is 3. The fourth-order valence-corrected chi connectivity index (χ4v) is 2.45. The standard InChI is InChI=1S/C15H21F3N4O2/c1-14(2,3)24-13(23)21-10-5-4-6-22(8-10)12-7-11(15(16,17)18)19-9-20-12/h7,9-10H,4-6,8H2,1-3H3,(H,21,23). The maximum Gasteiger partial charge on any atom is 0.433 e. The number of rotatable bonds is 2. The van der Waals surface area contributed by atoms with Gasteiger partial charge in [-0.05, 0) is 33.6 Å². The second kappa shape index (κ2) is 6.82. The van der Waals surface area contributed by atoms with Gasteiger partial charge in [-0.25, -0.2) is 14.8 Å². The van der Waals surface area contributed by atoms with E-state index in [0.29, 0.717) is 13.1 Å². The minimum atomic E-state index is -4.51. The highest BCUT2D eigenvalue weighted by Gasteiger charge is 2.34. The van der Waals surface area contributed by atoms with Crippen molar-refractivity contribution < 1.29 is 22.7 Å². The Kier molecular flexibility index (Phi) is 5.19. The van der Waals surface area contributed by atoms with Gasteiger partial charge < -0.3 is 15.0 Å². The molecule has 1 aromatic rings. The summed E-state index contributed by atoms with van der Waals surface area (Å²) in [5.41, 5.74) is -1.58. The highest BCUT2D eigenvalue weighted by molar-refractivity contribution is 5.68. The number of alkyl carbamates (subject to hydrolysis) is 1. The number of anilines is 1. The molecule has 1 atom stereocenters. The monoisotopic (exact) mass is 346 g/mol. The van der Waals surface area contributed by atoms with Gasteiger partial charge in [0.15, 0.2) is 0 Å². The smallest absolute Gasteiger partial charge is 0.433 e. The van der Waals surface area contributed by atoms with Crippen molar-refractivity contribution in [3.05, 3.63) is 18.1 Å². The zero-order valence-corrected chi connectivity index (χ0v) is 13.9. The SMILES string of the molecule is CC(C)(C)OC(=O)NC1CCCN(c2cc(C(F)(F)F)ncn2)C1. The summed E-state index contributed by atoms with van der Waals surface area (Å²) >= 11 is 0. The van der Waals surface area contributed by atoms with Crippen molar-refractivity contribution in [2.75, 3.05) is 18.0 Å². The molecule has 0 aromatic carbocycles. The highest BCUT2D eigenvalue weighted by atomic mass is 19.4. The van der Waals surface area contributed by atoms with Crippen molar-refractivity contribution in [2.24, 2.45) is 0 Å². The predicted octanol–water partition coefficient (Wildman–Crippen LogP) is 2.99. The third kappa shape index (κ3) is 5.24. The van der Waals surface area contributed by atoms with Gasteiger partial charge in [-0.3, -0.25) is 0 Å². The van der Waals surface area contributed by atoms with E-state index in [0.717, 1.165) is 25.2 Å². The van der Waals surface area contributed by atoms with E-state index in [1.54, 1.807) is 25.7 Å². The van der Waals surface area contributed by atoms with Gasteiger partial charge in [0.25, 0.3) is 0 Å². The van der Waals surface area contributed by atoms with Crippen molar-refractivity contribution in [1.29, 1.82) is 0 Å². The first kappa shape index (κ1) is 18.3. The van der Waals surface area contributed by atoms with Crippen molar-refractivity contribution in [1.82, 2.24) is 15.3 Å². The number of ether oxygens (including phenoxy) is 1. The van der Waals surface area contributed by atoms with Crippen LogP contribution in [0, 0.1) is 0 Å². The van der Waals surface area contributed by atoms with E-state index in [1.165, 1.54) is 0 Å². The van der Waals surface area contributed by atoms with Crippen LogP contribution in [0.4, 0.5) is 23.8 Å². The van der Waals surface area contributed by atoms with Gasteiger partial charge in [0.2, 0.25) is 0 Å². The van der Waals surface area contributed by atoms with Crippen LogP contribution in [0.1, 0.15) is 39.3 Å². The molecule has 0 aliphatic carbocycles. The summed E-state index contributed by atoms with van der Waals surface area (Å²) in [6, 6.07) is 0.716. The van der Waals surface area contributed by atoms with Crippen molar-refractivity contribution in [3.63, 3.8) is 0 Å². The number of aromatic nitrogens is 2. The van der Waals surface area contributed by atoms with Gasteiger partial charge in [-0.15, -0.1) is 0 Å². The first-order valence-corrected chi connectivity index (χ1v) is 7.68. The lowest BCUT2D eigenvalue weighted by Gasteiger charge is -2.34. The molecule has 1 aromatic heterocycles. The number of halogens is 3. The summed E-state index contributed by atoms with van der Waals surface area (Å²) in [5.74, 6) is 0.202. The van der Waals surface area contributed by atoms with Crippen molar-refractivity contribution in [3.8, 4) is 0 Å². The summed E-state index contributed by atoms with van der Waals surface area (Å²) in [7, 11) is 0. The van der Waals surface area contributed by atoms with E-state index in [1.807, 2.05) is 0 Å². The molecule has 0 saturated carbocycles. The van der Waals surface area contributed by atoms with Crippen LogP contribution in [0.25, 0.3) is 0 Å². The van der Waals surface area contributed by atoms with Gasteiger partial charge >= 0.3 is 12.3 Å². The molecule has 1 fully saturated rings. The van der Waals surface area contributed by atoms with Crippen LogP contribution >= 0.6 is 0 Å². The Morgan fingerprint density at radius 1 is 1.33 bits per heavy atom. The summed E-state index contributed by atoms with van der Waals surface area (Å²) in [4.78, 5) is 20.7. The number of carbonyl (C=O) groups is 1. The van der Waals surface area contributed by atoms with Crippen LogP contribution in [0.2, 0.25) is 0 Å².